The Bertz CT molecular complexity index is 341. The van der Waals surface area contributed by atoms with Gasteiger partial charge in [-0.1, -0.05) is 12.5 Å². The summed E-state index contributed by atoms with van der Waals surface area (Å²) in [5, 5.41) is 0. The molecule has 1 aromatic rings. The molecule has 88 valence electrons. The Morgan fingerprint density at radius 3 is 2.62 bits per heavy atom. The molecule has 3 heteroatoms. The molecule has 0 aromatic carbocycles. The van der Waals surface area contributed by atoms with Gasteiger partial charge in [0.1, 0.15) is 5.82 Å². The van der Waals surface area contributed by atoms with Gasteiger partial charge in [-0.15, -0.1) is 0 Å². The molecule has 0 saturated carbocycles. The van der Waals surface area contributed by atoms with Crippen LogP contribution in [0.1, 0.15) is 38.8 Å². The molecule has 2 N–H and O–H groups in total. The van der Waals surface area contributed by atoms with Crippen LogP contribution in [-0.2, 0) is 6.54 Å². The maximum absolute atomic E-state index is 5.70. The fraction of sp³-hybridized carbons (Fsp3) is 0.615. The molecule has 2 heterocycles. The minimum atomic E-state index is 0.620. The largest absolute Gasteiger partial charge is 0.384 e. The summed E-state index contributed by atoms with van der Waals surface area (Å²) in [4.78, 5) is 6.91. The zero-order valence-electron chi connectivity index (χ0n) is 10.2. The number of likely N-dealkylation sites (tertiary alicyclic amines) is 1. The lowest BCUT2D eigenvalue weighted by molar-refractivity contribution is 0.0939. The second-order valence-corrected chi connectivity index (χ2v) is 4.86. The lowest BCUT2D eigenvalue weighted by Gasteiger charge is -2.38. The van der Waals surface area contributed by atoms with Gasteiger partial charge in [0, 0.05) is 18.6 Å². The van der Waals surface area contributed by atoms with Crippen LogP contribution < -0.4 is 5.73 Å². The molecular formula is C13H21N3. The lowest BCUT2D eigenvalue weighted by atomic mass is 9.97. The Morgan fingerprint density at radius 2 is 2.00 bits per heavy atom. The van der Waals surface area contributed by atoms with E-state index in [4.69, 9.17) is 5.73 Å². The van der Waals surface area contributed by atoms with Gasteiger partial charge in [-0.3, -0.25) is 4.90 Å². The molecule has 0 bridgehead atoms. The van der Waals surface area contributed by atoms with Crippen LogP contribution in [0.2, 0.25) is 0 Å². The van der Waals surface area contributed by atoms with Crippen LogP contribution >= 0.6 is 0 Å². The van der Waals surface area contributed by atoms with Crippen molar-refractivity contribution in [1.82, 2.24) is 9.88 Å². The number of nitrogens with zero attached hydrogens (tertiary/aromatic N) is 2. The molecule has 1 aromatic heterocycles. The number of anilines is 1. The number of hydrogen-bond donors (Lipinski definition) is 1. The molecule has 1 aliphatic heterocycles. The van der Waals surface area contributed by atoms with Gasteiger partial charge in [-0.2, -0.15) is 0 Å². The zero-order chi connectivity index (χ0) is 11.5. The SMILES string of the molecule is C[C@@H]1CCC[C@H](C)N1Cc1cccc(N)n1. The van der Waals surface area contributed by atoms with E-state index in [-0.39, 0.29) is 0 Å². The van der Waals surface area contributed by atoms with Crippen LogP contribution in [0.15, 0.2) is 18.2 Å². The predicted octanol–water partition coefficient (Wildman–Crippen LogP) is 2.43. The van der Waals surface area contributed by atoms with Gasteiger partial charge >= 0.3 is 0 Å². The molecule has 2 atom stereocenters. The van der Waals surface area contributed by atoms with Gasteiger partial charge in [0.2, 0.25) is 0 Å². The van der Waals surface area contributed by atoms with E-state index in [1.165, 1.54) is 19.3 Å². The molecule has 3 nitrogen and oxygen atoms in total. The highest BCUT2D eigenvalue weighted by Crippen LogP contribution is 2.24. The number of nitrogens with two attached hydrogens (primary N) is 1. The van der Waals surface area contributed by atoms with Gasteiger partial charge in [-0.05, 0) is 38.8 Å². The van der Waals surface area contributed by atoms with Gasteiger partial charge in [0.15, 0.2) is 0 Å². The Hall–Kier alpha value is -1.09. The summed E-state index contributed by atoms with van der Waals surface area (Å²) < 4.78 is 0. The second-order valence-electron chi connectivity index (χ2n) is 4.86. The van der Waals surface area contributed by atoms with E-state index >= 15 is 0 Å². The third-order valence-electron chi connectivity index (χ3n) is 3.55. The van der Waals surface area contributed by atoms with E-state index in [0.29, 0.717) is 17.9 Å². The Balaban J connectivity index is 2.07. The summed E-state index contributed by atoms with van der Waals surface area (Å²) in [6.07, 6.45) is 3.95. The van der Waals surface area contributed by atoms with Crippen LogP contribution in [0.25, 0.3) is 0 Å². The van der Waals surface area contributed by atoms with Crippen molar-refractivity contribution in [3.63, 3.8) is 0 Å². The topological polar surface area (TPSA) is 42.1 Å². The highest BCUT2D eigenvalue weighted by atomic mass is 15.2. The first-order chi connectivity index (χ1) is 7.66. The summed E-state index contributed by atoms with van der Waals surface area (Å²) in [6.45, 7) is 5.54. The van der Waals surface area contributed by atoms with E-state index in [9.17, 15) is 0 Å². The molecule has 0 radical (unpaired) electrons. The molecule has 0 aliphatic carbocycles. The monoisotopic (exact) mass is 219 g/mol. The van der Waals surface area contributed by atoms with Gasteiger partial charge in [0.05, 0.1) is 5.69 Å². The minimum absolute atomic E-state index is 0.620. The predicted molar refractivity (Wildman–Crippen MR) is 67.0 cm³/mol. The average Bonchev–Trinajstić information content (AvgIpc) is 2.24. The molecule has 0 amide bonds. The number of nitrogen functional groups attached to an aromatic ring is 1. The van der Waals surface area contributed by atoms with Crippen LogP contribution in [0.5, 0.6) is 0 Å². The molecular weight excluding hydrogens is 198 g/mol. The lowest BCUT2D eigenvalue weighted by Crippen LogP contribution is -2.43. The number of pyridine rings is 1. The first kappa shape index (κ1) is 11.4. The summed E-state index contributed by atoms with van der Waals surface area (Å²) >= 11 is 0. The smallest absolute Gasteiger partial charge is 0.123 e. The zero-order valence-corrected chi connectivity index (χ0v) is 10.2. The van der Waals surface area contributed by atoms with Gasteiger partial charge in [-0.25, -0.2) is 4.98 Å². The Kier molecular flexibility index (Phi) is 3.44. The van der Waals surface area contributed by atoms with Crippen molar-refractivity contribution in [2.75, 3.05) is 5.73 Å². The Morgan fingerprint density at radius 1 is 1.31 bits per heavy atom. The van der Waals surface area contributed by atoms with Gasteiger partial charge in [0.25, 0.3) is 0 Å². The van der Waals surface area contributed by atoms with Crippen LogP contribution in [0.4, 0.5) is 5.82 Å². The number of hydrogen-bond acceptors (Lipinski definition) is 3. The molecule has 16 heavy (non-hydrogen) atoms. The van der Waals surface area contributed by atoms with Gasteiger partial charge < -0.3 is 5.73 Å². The van der Waals surface area contributed by atoms with Crippen molar-refractivity contribution in [3.8, 4) is 0 Å². The molecule has 2 rings (SSSR count). The number of rotatable bonds is 2. The molecule has 1 fully saturated rings. The molecule has 1 aliphatic rings. The maximum atomic E-state index is 5.70. The van der Waals surface area contributed by atoms with E-state index in [0.717, 1.165) is 12.2 Å². The van der Waals surface area contributed by atoms with Crippen LogP contribution in [0, 0.1) is 0 Å². The minimum Gasteiger partial charge on any atom is -0.384 e. The molecule has 0 unspecified atom stereocenters. The van der Waals surface area contributed by atoms with Crippen molar-refractivity contribution in [2.24, 2.45) is 0 Å². The summed E-state index contributed by atoms with van der Waals surface area (Å²) in [5.41, 5.74) is 6.79. The summed E-state index contributed by atoms with van der Waals surface area (Å²) in [6, 6.07) is 7.20. The van der Waals surface area contributed by atoms with Crippen molar-refractivity contribution >= 4 is 5.82 Å². The standard InChI is InChI=1S/C13H21N3/c1-10-5-3-6-11(2)16(10)9-12-7-4-8-13(14)15-12/h4,7-8,10-11H,3,5-6,9H2,1-2H3,(H2,14,15)/t10-,11+. The average molecular weight is 219 g/mol. The summed E-state index contributed by atoms with van der Waals surface area (Å²) in [7, 11) is 0. The quantitative estimate of drug-likeness (QED) is 0.830. The van der Waals surface area contributed by atoms with Crippen LogP contribution in [0.3, 0.4) is 0 Å². The highest BCUT2D eigenvalue weighted by Gasteiger charge is 2.24. The third-order valence-corrected chi connectivity index (χ3v) is 3.55. The van der Waals surface area contributed by atoms with E-state index in [1.54, 1.807) is 0 Å². The first-order valence-electron chi connectivity index (χ1n) is 6.14. The van der Waals surface area contributed by atoms with E-state index < -0.39 is 0 Å². The third kappa shape index (κ3) is 2.53. The van der Waals surface area contributed by atoms with Crippen molar-refractivity contribution in [1.29, 1.82) is 0 Å². The fourth-order valence-corrected chi connectivity index (χ4v) is 2.56. The van der Waals surface area contributed by atoms with E-state index in [1.807, 2.05) is 12.1 Å². The van der Waals surface area contributed by atoms with Crippen molar-refractivity contribution in [3.05, 3.63) is 23.9 Å². The van der Waals surface area contributed by atoms with Crippen molar-refractivity contribution in [2.45, 2.75) is 51.7 Å². The van der Waals surface area contributed by atoms with E-state index in [2.05, 4.69) is 29.8 Å². The second kappa shape index (κ2) is 4.83. The van der Waals surface area contributed by atoms with Crippen molar-refractivity contribution < 1.29 is 0 Å². The highest BCUT2D eigenvalue weighted by molar-refractivity contribution is 5.28. The normalized spacial score (nSPS) is 26.9. The molecule has 0 spiro atoms. The maximum Gasteiger partial charge on any atom is 0.123 e. The Labute approximate surface area is 97.7 Å². The summed E-state index contributed by atoms with van der Waals surface area (Å²) in [5.74, 6) is 0.620. The molecule has 1 saturated heterocycles. The van der Waals surface area contributed by atoms with Crippen LogP contribution in [-0.4, -0.2) is 22.0 Å². The fourth-order valence-electron chi connectivity index (χ4n) is 2.56. The first-order valence-corrected chi connectivity index (χ1v) is 6.14. The number of piperidine rings is 1. The number of aromatic nitrogens is 1.